The molecule has 0 atom stereocenters. The molecule has 0 bridgehead atoms. The number of rotatable bonds is 3. The van der Waals surface area contributed by atoms with Crippen molar-refractivity contribution < 1.29 is 4.79 Å². The molecule has 5 heteroatoms. The van der Waals surface area contributed by atoms with Crippen LogP contribution >= 0.6 is 0 Å². The molecular weight excluding hydrogens is 206 g/mol. The predicted molar refractivity (Wildman–Crippen MR) is 58.2 cm³/mol. The van der Waals surface area contributed by atoms with Crippen LogP contribution in [-0.2, 0) is 13.6 Å². The second-order valence-electron chi connectivity index (χ2n) is 3.54. The van der Waals surface area contributed by atoms with Crippen LogP contribution in [0, 0.1) is 0 Å². The molecule has 0 aromatic carbocycles. The summed E-state index contributed by atoms with van der Waals surface area (Å²) in [6.45, 7) is 0.0245. The number of nitrogens with zero attached hydrogens (tertiary/aromatic N) is 3. The molecule has 2 heterocycles. The van der Waals surface area contributed by atoms with Crippen LogP contribution in [0.4, 0.5) is 0 Å². The topological polar surface area (TPSA) is 56.9 Å². The van der Waals surface area contributed by atoms with Crippen molar-refractivity contribution in [3.8, 4) is 0 Å². The summed E-state index contributed by atoms with van der Waals surface area (Å²) in [5, 5.41) is 0. The van der Waals surface area contributed by atoms with E-state index in [2.05, 4.69) is 4.98 Å². The van der Waals surface area contributed by atoms with Crippen molar-refractivity contribution in [2.45, 2.75) is 6.54 Å². The third kappa shape index (κ3) is 2.08. The lowest BCUT2D eigenvalue weighted by atomic mass is 10.2. The molecule has 2 rings (SSSR count). The van der Waals surface area contributed by atoms with E-state index >= 15 is 0 Å². The summed E-state index contributed by atoms with van der Waals surface area (Å²) in [6, 6.07) is 3.06. The van der Waals surface area contributed by atoms with Gasteiger partial charge in [0.05, 0.1) is 12.9 Å². The minimum absolute atomic E-state index is 0.0245. The van der Waals surface area contributed by atoms with Gasteiger partial charge in [0.15, 0.2) is 5.78 Å². The predicted octanol–water partition coefficient (Wildman–Crippen LogP) is 0.465. The molecule has 0 saturated carbocycles. The van der Waals surface area contributed by atoms with E-state index in [-0.39, 0.29) is 17.9 Å². The van der Waals surface area contributed by atoms with E-state index in [9.17, 15) is 9.59 Å². The van der Waals surface area contributed by atoms with Crippen molar-refractivity contribution in [2.24, 2.45) is 7.05 Å². The molecule has 0 fully saturated rings. The Labute approximate surface area is 92.0 Å². The third-order valence-electron chi connectivity index (χ3n) is 2.26. The molecule has 0 spiro atoms. The number of aromatic nitrogens is 3. The van der Waals surface area contributed by atoms with Gasteiger partial charge in [-0.05, 0) is 6.07 Å². The van der Waals surface area contributed by atoms with E-state index in [1.54, 1.807) is 23.0 Å². The van der Waals surface area contributed by atoms with Crippen LogP contribution in [0.25, 0.3) is 0 Å². The van der Waals surface area contributed by atoms with E-state index in [0.717, 1.165) is 0 Å². The molecule has 0 radical (unpaired) electrons. The fourth-order valence-electron chi connectivity index (χ4n) is 1.41. The van der Waals surface area contributed by atoms with Gasteiger partial charge in [-0.2, -0.15) is 0 Å². The molecule has 2 aromatic heterocycles. The lowest BCUT2D eigenvalue weighted by molar-refractivity contribution is 0.0970. The molecular formula is C11H11N3O2. The Morgan fingerprint density at radius 3 is 2.88 bits per heavy atom. The highest BCUT2D eigenvalue weighted by Crippen LogP contribution is 2.01. The van der Waals surface area contributed by atoms with Crippen molar-refractivity contribution in [3.05, 3.63) is 53.0 Å². The van der Waals surface area contributed by atoms with Crippen LogP contribution in [0.15, 0.2) is 41.8 Å². The first-order valence-corrected chi connectivity index (χ1v) is 4.82. The molecule has 0 aliphatic heterocycles. The van der Waals surface area contributed by atoms with Crippen LogP contribution in [0.1, 0.15) is 10.4 Å². The van der Waals surface area contributed by atoms with Crippen LogP contribution in [0.2, 0.25) is 0 Å². The Bertz CT molecular complexity index is 568. The van der Waals surface area contributed by atoms with Crippen LogP contribution in [-0.4, -0.2) is 19.9 Å². The highest BCUT2D eigenvalue weighted by Gasteiger charge is 2.08. The second kappa shape index (κ2) is 4.14. The summed E-state index contributed by atoms with van der Waals surface area (Å²) >= 11 is 0. The number of Topliss-reactive ketones (excluding diaryl/α,β-unsaturated/α-hetero) is 1. The fourth-order valence-corrected chi connectivity index (χ4v) is 1.41. The maximum absolute atomic E-state index is 11.8. The summed E-state index contributed by atoms with van der Waals surface area (Å²) in [5.74, 6) is -0.101. The lowest BCUT2D eigenvalue weighted by Crippen LogP contribution is -2.23. The molecule has 0 saturated heterocycles. The maximum atomic E-state index is 11.8. The molecule has 0 aliphatic rings. The smallest absolute Gasteiger partial charge is 0.253 e. The Morgan fingerprint density at radius 2 is 2.25 bits per heavy atom. The maximum Gasteiger partial charge on any atom is 0.253 e. The van der Waals surface area contributed by atoms with E-state index in [1.165, 1.54) is 23.2 Å². The second-order valence-corrected chi connectivity index (χ2v) is 3.54. The van der Waals surface area contributed by atoms with Crippen molar-refractivity contribution >= 4 is 5.78 Å². The summed E-state index contributed by atoms with van der Waals surface area (Å²) in [6.07, 6.45) is 6.29. The molecule has 16 heavy (non-hydrogen) atoms. The molecule has 0 amide bonds. The van der Waals surface area contributed by atoms with Crippen LogP contribution < -0.4 is 5.56 Å². The van der Waals surface area contributed by atoms with E-state index in [0.29, 0.717) is 5.56 Å². The number of carbonyl (C=O) groups excluding carboxylic acids is 1. The van der Waals surface area contributed by atoms with Crippen molar-refractivity contribution in [2.75, 3.05) is 0 Å². The zero-order valence-electron chi connectivity index (χ0n) is 8.83. The highest BCUT2D eigenvalue weighted by atomic mass is 16.1. The molecule has 0 unspecified atom stereocenters. The summed E-state index contributed by atoms with van der Waals surface area (Å²) < 4.78 is 3.08. The normalized spacial score (nSPS) is 10.3. The van der Waals surface area contributed by atoms with Crippen LogP contribution in [0.5, 0.6) is 0 Å². The number of aryl methyl sites for hydroxylation is 1. The SMILES string of the molecule is Cn1ccc(C(=O)Cn2cnccc2=O)c1. The van der Waals surface area contributed by atoms with Gasteiger partial charge >= 0.3 is 0 Å². The molecule has 5 nitrogen and oxygen atoms in total. The third-order valence-corrected chi connectivity index (χ3v) is 2.26. The first kappa shape index (κ1) is 10.4. The first-order chi connectivity index (χ1) is 7.66. The van der Waals surface area contributed by atoms with Crippen LogP contribution in [0.3, 0.4) is 0 Å². The van der Waals surface area contributed by atoms with E-state index in [4.69, 9.17) is 0 Å². The molecule has 2 aromatic rings. The Morgan fingerprint density at radius 1 is 1.44 bits per heavy atom. The number of ketones is 1. The summed E-state index contributed by atoms with van der Waals surface area (Å²) in [5.41, 5.74) is 0.373. The first-order valence-electron chi connectivity index (χ1n) is 4.82. The fraction of sp³-hybridized carbons (Fsp3) is 0.182. The zero-order valence-corrected chi connectivity index (χ0v) is 8.83. The van der Waals surface area contributed by atoms with Gasteiger partial charge in [-0.1, -0.05) is 0 Å². The van der Waals surface area contributed by atoms with Crippen molar-refractivity contribution in [1.29, 1.82) is 0 Å². The number of hydrogen-bond acceptors (Lipinski definition) is 3. The van der Waals surface area contributed by atoms with Crippen molar-refractivity contribution in [1.82, 2.24) is 14.1 Å². The molecule has 0 aliphatic carbocycles. The zero-order chi connectivity index (χ0) is 11.5. The lowest BCUT2D eigenvalue weighted by Gasteiger charge is -2.01. The van der Waals surface area contributed by atoms with Gasteiger partial charge in [0.25, 0.3) is 5.56 Å². The number of carbonyl (C=O) groups is 1. The Hall–Kier alpha value is -2.17. The monoisotopic (exact) mass is 217 g/mol. The molecule has 82 valence electrons. The van der Waals surface area contributed by atoms with Gasteiger partial charge in [0.2, 0.25) is 0 Å². The van der Waals surface area contributed by atoms with Gasteiger partial charge in [0.1, 0.15) is 0 Å². The minimum atomic E-state index is -0.223. The summed E-state index contributed by atoms with van der Waals surface area (Å²) in [7, 11) is 1.84. The van der Waals surface area contributed by atoms with Gasteiger partial charge in [-0.15, -0.1) is 0 Å². The van der Waals surface area contributed by atoms with Gasteiger partial charge in [0, 0.05) is 37.3 Å². The van der Waals surface area contributed by atoms with E-state index < -0.39 is 0 Å². The Kier molecular flexibility index (Phi) is 2.68. The van der Waals surface area contributed by atoms with Gasteiger partial charge in [-0.25, -0.2) is 4.98 Å². The standard InChI is InChI=1S/C11H11N3O2/c1-13-5-3-9(6-13)10(15)7-14-8-12-4-2-11(14)16/h2-6,8H,7H2,1H3. The molecule has 0 N–H and O–H groups in total. The highest BCUT2D eigenvalue weighted by molar-refractivity contribution is 5.95. The number of hydrogen-bond donors (Lipinski definition) is 0. The summed E-state index contributed by atoms with van der Waals surface area (Å²) in [4.78, 5) is 26.9. The quantitative estimate of drug-likeness (QED) is 0.702. The largest absolute Gasteiger partial charge is 0.357 e. The minimum Gasteiger partial charge on any atom is -0.357 e. The average Bonchev–Trinajstić information content (AvgIpc) is 2.68. The Balaban J connectivity index is 2.20. The van der Waals surface area contributed by atoms with Gasteiger partial charge < -0.3 is 4.57 Å². The van der Waals surface area contributed by atoms with E-state index in [1.807, 2.05) is 7.05 Å². The van der Waals surface area contributed by atoms with Crippen molar-refractivity contribution in [3.63, 3.8) is 0 Å². The van der Waals surface area contributed by atoms with Gasteiger partial charge in [-0.3, -0.25) is 14.2 Å². The average molecular weight is 217 g/mol.